The molecule has 1 aromatic carbocycles. The Labute approximate surface area is 213 Å². The smallest absolute Gasteiger partial charge is 0.222 e. The summed E-state index contributed by atoms with van der Waals surface area (Å²) in [5.41, 5.74) is 6.91. The summed E-state index contributed by atoms with van der Waals surface area (Å²) in [6, 6.07) is 8.45. The van der Waals surface area contributed by atoms with E-state index in [0.29, 0.717) is 11.9 Å². The molecule has 3 aromatic rings. The third kappa shape index (κ3) is 4.16. The first-order valence-corrected chi connectivity index (χ1v) is 11.7. The SMILES string of the molecule is CC1CCc2ncnc(N3CCC4(CC3)CNc3cccc(CNc5ncccn5)c34)c21.Cl.Cl. The number of halogens is 2. The molecule has 1 spiro atoms. The van der Waals surface area contributed by atoms with Crippen LogP contribution in [0.15, 0.2) is 43.0 Å². The summed E-state index contributed by atoms with van der Waals surface area (Å²) in [7, 11) is 0. The van der Waals surface area contributed by atoms with E-state index in [1.807, 2.05) is 6.07 Å². The molecule has 7 nitrogen and oxygen atoms in total. The summed E-state index contributed by atoms with van der Waals surface area (Å²) in [6.45, 7) is 6.11. The molecule has 2 aromatic heterocycles. The third-order valence-electron chi connectivity index (χ3n) is 7.57. The van der Waals surface area contributed by atoms with Crippen molar-refractivity contribution in [3.8, 4) is 0 Å². The molecule has 1 atom stereocenters. The molecule has 180 valence electrons. The van der Waals surface area contributed by atoms with Gasteiger partial charge in [0.25, 0.3) is 0 Å². The highest BCUT2D eigenvalue weighted by Gasteiger charge is 2.43. The Morgan fingerprint density at radius 1 is 1.06 bits per heavy atom. The first kappa shape index (κ1) is 24.5. The minimum Gasteiger partial charge on any atom is -0.384 e. The average Bonchev–Trinajstić information content (AvgIpc) is 3.40. The zero-order chi connectivity index (χ0) is 21.5. The lowest BCUT2D eigenvalue weighted by Gasteiger charge is -2.41. The van der Waals surface area contributed by atoms with Gasteiger partial charge in [0.15, 0.2) is 0 Å². The number of anilines is 3. The molecule has 9 heteroatoms. The number of aromatic nitrogens is 4. The lowest BCUT2D eigenvalue weighted by molar-refractivity contribution is 0.358. The van der Waals surface area contributed by atoms with Gasteiger partial charge in [-0.1, -0.05) is 19.1 Å². The number of fused-ring (bicyclic) bond motifs is 3. The summed E-state index contributed by atoms with van der Waals surface area (Å²) in [6.07, 6.45) is 9.83. The number of hydrogen-bond donors (Lipinski definition) is 2. The van der Waals surface area contributed by atoms with Crippen molar-refractivity contribution in [1.29, 1.82) is 0 Å². The predicted octanol–water partition coefficient (Wildman–Crippen LogP) is 4.74. The Morgan fingerprint density at radius 3 is 2.65 bits per heavy atom. The van der Waals surface area contributed by atoms with Crippen LogP contribution in [-0.2, 0) is 18.4 Å². The quantitative estimate of drug-likeness (QED) is 0.536. The minimum absolute atomic E-state index is 0. The summed E-state index contributed by atoms with van der Waals surface area (Å²) < 4.78 is 0. The zero-order valence-corrected chi connectivity index (χ0v) is 21.0. The van der Waals surface area contributed by atoms with E-state index in [4.69, 9.17) is 4.98 Å². The van der Waals surface area contributed by atoms with Crippen LogP contribution in [-0.4, -0.2) is 39.6 Å². The normalized spacial score (nSPS) is 19.4. The number of benzene rings is 1. The molecule has 0 radical (unpaired) electrons. The molecule has 0 amide bonds. The monoisotopic (exact) mass is 499 g/mol. The van der Waals surface area contributed by atoms with Crippen molar-refractivity contribution < 1.29 is 0 Å². The van der Waals surface area contributed by atoms with Crippen LogP contribution in [0, 0.1) is 0 Å². The Morgan fingerprint density at radius 2 is 1.85 bits per heavy atom. The van der Waals surface area contributed by atoms with Gasteiger partial charge in [-0.3, -0.25) is 0 Å². The Balaban J connectivity index is 0.00000137. The van der Waals surface area contributed by atoms with E-state index in [1.165, 1.54) is 40.3 Å². The second-order valence-corrected chi connectivity index (χ2v) is 9.38. The largest absolute Gasteiger partial charge is 0.384 e. The number of piperidine rings is 1. The van der Waals surface area contributed by atoms with Crippen molar-refractivity contribution in [1.82, 2.24) is 19.9 Å². The van der Waals surface area contributed by atoms with Gasteiger partial charge in [-0.15, -0.1) is 24.8 Å². The summed E-state index contributed by atoms with van der Waals surface area (Å²) in [4.78, 5) is 20.4. The standard InChI is InChI=1S/C25H29N7.2ClH/c1-17-6-7-19-21(17)23(31-16-30-19)32-12-8-25(9-13-32)15-29-20-5-2-4-18(22(20)25)14-28-24-26-10-3-11-27-24;;/h2-5,10-11,16-17,29H,6-9,12-15H2,1H3,(H,26,27,28);2*1H. The van der Waals surface area contributed by atoms with Gasteiger partial charge in [0.05, 0.1) is 0 Å². The van der Waals surface area contributed by atoms with Crippen molar-refractivity contribution >= 4 is 42.3 Å². The van der Waals surface area contributed by atoms with Crippen LogP contribution >= 0.6 is 24.8 Å². The minimum atomic E-state index is 0. The van der Waals surface area contributed by atoms with E-state index in [9.17, 15) is 0 Å². The lowest BCUT2D eigenvalue weighted by atomic mass is 9.72. The van der Waals surface area contributed by atoms with Gasteiger partial charge in [0, 0.05) is 60.9 Å². The van der Waals surface area contributed by atoms with Crippen LogP contribution in [0.5, 0.6) is 0 Å². The molecule has 3 aliphatic rings. The fraction of sp³-hybridized carbons (Fsp3) is 0.440. The number of nitrogens with zero attached hydrogens (tertiary/aromatic N) is 5. The molecule has 2 aliphatic heterocycles. The van der Waals surface area contributed by atoms with Crippen molar-refractivity contribution in [3.05, 3.63) is 65.4 Å². The Hall–Kier alpha value is -2.64. The van der Waals surface area contributed by atoms with Crippen LogP contribution in [0.2, 0.25) is 0 Å². The molecule has 2 N–H and O–H groups in total. The fourth-order valence-electron chi connectivity index (χ4n) is 5.89. The molecule has 0 saturated carbocycles. The Bertz CT molecular complexity index is 1130. The van der Waals surface area contributed by atoms with Crippen LogP contribution < -0.4 is 15.5 Å². The third-order valence-corrected chi connectivity index (χ3v) is 7.57. The van der Waals surface area contributed by atoms with Gasteiger partial charge in [0.2, 0.25) is 5.95 Å². The first-order valence-electron chi connectivity index (χ1n) is 11.7. The molecular formula is C25H31Cl2N7. The highest BCUT2D eigenvalue weighted by Crippen LogP contribution is 2.47. The molecule has 1 unspecified atom stereocenters. The second kappa shape index (κ2) is 9.92. The zero-order valence-electron chi connectivity index (χ0n) is 19.3. The van der Waals surface area contributed by atoms with E-state index in [1.54, 1.807) is 18.7 Å². The van der Waals surface area contributed by atoms with Gasteiger partial charge >= 0.3 is 0 Å². The van der Waals surface area contributed by atoms with Crippen LogP contribution in [0.4, 0.5) is 17.5 Å². The topological polar surface area (TPSA) is 78.9 Å². The second-order valence-electron chi connectivity index (χ2n) is 9.38. The maximum absolute atomic E-state index is 4.74. The van der Waals surface area contributed by atoms with E-state index in [-0.39, 0.29) is 30.2 Å². The van der Waals surface area contributed by atoms with Crippen molar-refractivity contribution in [3.63, 3.8) is 0 Å². The molecule has 4 heterocycles. The van der Waals surface area contributed by atoms with Crippen LogP contribution in [0.1, 0.15) is 54.5 Å². The van der Waals surface area contributed by atoms with Crippen LogP contribution in [0.3, 0.4) is 0 Å². The molecule has 0 bridgehead atoms. The molecular weight excluding hydrogens is 469 g/mol. The molecule has 6 rings (SSSR count). The summed E-state index contributed by atoms with van der Waals surface area (Å²) in [5.74, 6) is 2.41. The number of rotatable bonds is 4. The number of aryl methyl sites for hydroxylation is 1. The van der Waals surface area contributed by atoms with E-state index in [0.717, 1.165) is 45.4 Å². The fourth-order valence-corrected chi connectivity index (χ4v) is 5.89. The van der Waals surface area contributed by atoms with Gasteiger partial charge in [-0.2, -0.15) is 0 Å². The lowest BCUT2D eigenvalue weighted by Crippen LogP contribution is -2.45. The highest BCUT2D eigenvalue weighted by molar-refractivity contribution is 5.85. The maximum atomic E-state index is 4.74. The predicted molar refractivity (Wildman–Crippen MR) is 141 cm³/mol. The van der Waals surface area contributed by atoms with Gasteiger partial charge in [-0.25, -0.2) is 19.9 Å². The summed E-state index contributed by atoms with van der Waals surface area (Å²) in [5, 5.41) is 7.10. The summed E-state index contributed by atoms with van der Waals surface area (Å²) >= 11 is 0. The molecule has 1 fully saturated rings. The Kier molecular flexibility index (Phi) is 7.14. The number of nitrogens with one attached hydrogen (secondary N) is 2. The highest BCUT2D eigenvalue weighted by atomic mass is 35.5. The molecule has 1 saturated heterocycles. The van der Waals surface area contributed by atoms with Gasteiger partial charge in [0.1, 0.15) is 12.1 Å². The van der Waals surface area contributed by atoms with Crippen molar-refractivity contribution in [2.45, 2.75) is 50.5 Å². The average molecular weight is 500 g/mol. The first-order chi connectivity index (χ1) is 15.7. The van der Waals surface area contributed by atoms with Gasteiger partial charge < -0.3 is 15.5 Å². The number of hydrogen-bond acceptors (Lipinski definition) is 7. The maximum Gasteiger partial charge on any atom is 0.222 e. The van der Waals surface area contributed by atoms with Crippen LogP contribution in [0.25, 0.3) is 0 Å². The van der Waals surface area contributed by atoms with Crippen molar-refractivity contribution in [2.24, 2.45) is 0 Å². The van der Waals surface area contributed by atoms with Gasteiger partial charge in [-0.05, 0) is 54.9 Å². The van der Waals surface area contributed by atoms with E-state index < -0.39 is 0 Å². The van der Waals surface area contributed by atoms with Crippen molar-refractivity contribution in [2.75, 3.05) is 35.2 Å². The van der Waals surface area contributed by atoms with E-state index >= 15 is 0 Å². The van der Waals surface area contributed by atoms with E-state index in [2.05, 4.69) is 55.6 Å². The molecule has 34 heavy (non-hydrogen) atoms. The molecule has 1 aliphatic carbocycles.